The molecule has 0 unspecified atom stereocenters. The molecule has 4 nitrogen and oxygen atoms in total. The molecule has 0 spiro atoms. The van der Waals surface area contributed by atoms with Crippen molar-refractivity contribution in [3.8, 4) is 0 Å². The number of anilines is 1. The summed E-state index contributed by atoms with van der Waals surface area (Å²) in [5.74, 6) is 0.643. The van der Waals surface area contributed by atoms with E-state index >= 15 is 0 Å². The highest BCUT2D eigenvalue weighted by Gasteiger charge is 2.40. The Bertz CT molecular complexity index is 857. The average molecular weight is 320 g/mol. The Kier molecular flexibility index (Phi) is 3.41. The van der Waals surface area contributed by atoms with Gasteiger partial charge in [0.2, 0.25) is 0 Å². The van der Waals surface area contributed by atoms with Gasteiger partial charge in [0, 0.05) is 17.7 Å². The third-order valence-corrected chi connectivity index (χ3v) is 5.28. The highest BCUT2D eigenvalue weighted by molar-refractivity contribution is 5.66. The van der Waals surface area contributed by atoms with Crippen LogP contribution in [0, 0.1) is 29.9 Å². The van der Waals surface area contributed by atoms with E-state index < -0.39 is 0 Å². The molecule has 2 aromatic rings. The van der Waals surface area contributed by atoms with Gasteiger partial charge >= 0.3 is 0 Å². The molecule has 3 atom stereocenters. The van der Waals surface area contributed by atoms with Crippen LogP contribution in [-0.4, -0.2) is 4.92 Å². The Labute approximate surface area is 141 Å². The van der Waals surface area contributed by atoms with Crippen LogP contribution < -0.4 is 5.32 Å². The van der Waals surface area contributed by atoms with E-state index in [0.717, 1.165) is 17.7 Å². The van der Waals surface area contributed by atoms with Gasteiger partial charge < -0.3 is 5.32 Å². The normalized spacial score (nSPS) is 24.2. The van der Waals surface area contributed by atoms with Crippen LogP contribution in [0.4, 0.5) is 11.4 Å². The summed E-state index contributed by atoms with van der Waals surface area (Å²) < 4.78 is 0. The Hall–Kier alpha value is -2.62. The lowest BCUT2D eigenvalue weighted by atomic mass is 9.75. The van der Waals surface area contributed by atoms with Crippen molar-refractivity contribution in [2.45, 2.75) is 32.2 Å². The van der Waals surface area contributed by atoms with E-state index in [-0.39, 0.29) is 16.7 Å². The number of nitro benzene ring substituents is 1. The SMILES string of the molecule is Cc1cc(C)c2c(c1)[C@@H]1C=CC[C@H]1[C@H](c1ccccc1[N+](=O)[O-])N2. The number of nitrogens with one attached hydrogen (secondary N) is 1. The predicted molar refractivity (Wildman–Crippen MR) is 95.4 cm³/mol. The molecule has 4 heteroatoms. The second kappa shape index (κ2) is 5.48. The third kappa shape index (κ3) is 2.21. The average Bonchev–Trinajstić information content (AvgIpc) is 3.04. The lowest BCUT2D eigenvalue weighted by Gasteiger charge is -2.38. The Morgan fingerprint density at radius 1 is 1.17 bits per heavy atom. The van der Waals surface area contributed by atoms with Crippen LogP contribution in [-0.2, 0) is 0 Å². The predicted octanol–water partition coefficient (Wildman–Crippen LogP) is 5.04. The Morgan fingerprint density at radius 3 is 2.75 bits per heavy atom. The molecule has 0 aromatic heterocycles. The molecule has 0 amide bonds. The van der Waals surface area contributed by atoms with E-state index in [2.05, 4.69) is 43.4 Å². The van der Waals surface area contributed by atoms with Crippen molar-refractivity contribution < 1.29 is 4.92 Å². The standard InChI is InChI=1S/C20H20N2O2/c1-12-10-13(2)19-17(11-12)14-7-5-8-15(14)20(21-19)16-6-3-4-9-18(16)22(23)24/h3-7,9-11,14-15,20-21H,8H2,1-2H3/t14-,15-,20-/m1/s1. The summed E-state index contributed by atoms with van der Waals surface area (Å²) in [6.07, 6.45) is 5.43. The molecule has 0 saturated carbocycles. The minimum absolute atomic E-state index is 0.0412. The van der Waals surface area contributed by atoms with Gasteiger partial charge in [0.15, 0.2) is 0 Å². The van der Waals surface area contributed by atoms with Crippen LogP contribution in [0.3, 0.4) is 0 Å². The third-order valence-electron chi connectivity index (χ3n) is 5.28. The van der Waals surface area contributed by atoms with Crippen LogP contribution in [0.2, 0.25) is 0 Å². The smallest absolute Gasteiger partial charge is 0.274 e. The summed E-state index contributed by atoms with van der Waals surface area (Å²) >= 11 is 0. The van der Waals surface area contributed by atoms with Crippen molar-refractivity contribution in [1.29, 1.82) is 0 Å². The molecule has 0 bridgehead atoms. The number of hydrogen-bond acceptors (Lipinski definition) is 3. The van der Waals surface area contributed by atoms with E-state index in [1.165, 1.54) is 16.7 Å². The van der Waals surface area contributed by atoms with Gasteiger partial charge in [-0.2, -0.15) is 0 Å². The first-order valence-electron chi connectivity index (χ1n) is 8.34. The molecular formula is C20H20N2O2. The fourth-order valence-electron chi connectivity index (χ4n) is 4.30. The van der Waals surface area contributed by atoms with Crippen molar-refractivity contribution in [3.63, 3.8) is 0 Å². The van der Waals surface area contributed by atoms with Gasteiger partial charge in [0.05, 0.1) is 16.5 Å². The molecule has 1 aliphatic carbocycles. The number of para-hydroxylation sites is 1. The first-order valence-corrected chi connectivity index (χ1v) is 8.34. The van der Waals surface area contributed by atoms with Gasteiger partial charge in [0.25, 0.3) is 5.69 Å². The van der Waals surface area contributed by atoms with Crippen molar-refractivity contribution in [1.82, 2.24) is 0 Å². The minimum atomic E-state index is -0.272. The van der Waals surface area contributed by atoms with Crippen LogP contribution in [0.1, 0.15) is 40.6 Å². The fraction of sp³-hybridized carbons (Fsp3) is 0.300. The Balaban J connectivity index is 1.86. The minimum Gasteiger partial charge on any atom is -0.377 e. The van der Waals surface area contributed by atoms with E-state index in [1.807, 2.05) is 12.1 Å². The van der Waals surface area contributed by atoms with Gasteiger partial charge in [-0.15, -0.1) is 0 Å². The summed E-state index contributed by atoms with van der Waals surface area (Å²) in [5.41, 5.74) is 5.90. The summed E-state index contributed by atoms with van der Waals surface area (Å²) in [7, 11) is 0. The zero-order valence-electron chi connectivity index (χ0n) is 13.8. The van der Waals surface area contributed by atoms with Gasteiger partial charge in [-0.1, -0.05) is 48.0 Å². The van der Waals surface area contributed by atoms with E-state index in [0.29, 0.717) is 11.8 Å². The first kappa shape index (κ1) is 14.9. The second-order valence-electron chi connectivity index (χ2n) is 6.84. The van der Waals surface area contributed by atoms with Gasteiger partial charge in [-0.25, -0.2) is 0 Å². The molecule has 1 aliphatic heterocycles. The van der Waals surface area contributed by atoms with E-state index in [4.69, 9.17) is 0 Å². The summed E-state index contributed by atoms with van der Waals surface area (Å²) in [5, 5.41) is 15.1. The largest absolute Gasteiger partial charge is 0.377 e. The van der Waals surface area contributed by atoms with Crippen molar-refractivity contribution in [3.05, 3.63) is 80.9 Å². The monoisotopic (exact) mass is 320 g/mol. The number of fused-ring (bicyclic) bond motifs is 3. The highest BCUT2D eigenvalue weighted by atomic mass is 16.6. The Morgan fingerprint density at radius 2 is 1.96 bits per heavy atom. The fourth-order valence-corrected chi connectivity index (χ4v) is 4.30. The number of nitrogens with zero attached hydrogens (tertiary/aromatic N) is 1. The lowest BCUT2D eigenvalue weighted by molar-refractivity contribution is -0.385. The van der Waals surface area contributed by atoms with Crippen LogP contribution in [0.5, 0.6) is 0 Å². The number of aryl methyl sites for hydroxylation is 2. The van der Waals surface area contributed by atoms with Crippen LogP contribution in [0.25, 0.3) is 0 Å². The molecular weight excluding hydrogens is 300 g/mol. The second-order valence-corrected chi connectivity index (χ2v) is 6.84. The summed E-state index contributed by atoms with van der Waals surface area (Å²) in [6.45, 7) is 4.23. The van der Waals surface area contributed by atoms with Crippen LogP contribution in [0.15, 0.2) is 48.6 Å². The molecule has 2 aliphatic rings. The van der Waals surface area contributed by atoms with Gasteiger partial charge in [-0.05, 0) is 37.3 Å². The maximum atomic E-state index is 11.5. The zero-order chi connectivity index (χ0) is 16.8. The highest BCUT2D eigenvalue weighted by Crippen LogP contribution is 2.51. The molecule has 2 aromatic carbocycles. The van der Waals surface area contributed by atoms with Crippen molar-refractivity contribution in [2.75, 3.05) is 5.32 Å². The van der Waals surface area contributed by atoms with Crippen molar-refractivity contribution >= 4 is 11.4 Å². The first-order chi connectivity index (χ1) is 11.6. The van der Waals surface area contributed by atoms with E-state index in [1.54, 1.807) is 12.1 Å². The lowest BCUT2D eigenvalue weighted by Crippen LogP contribution is -2.30. The molecule has 1 N–H and O–H groups in total. The molecule has 122 valence electrons. The topological polar surface area (TPSA) is 55.2 Å². The molecule has 1 heterocycles. The van der Waals surface area contributed by atoms with Gasteiger partial charge in [0.1, 0.15) is 0 Å². The molecule has 0 fully saturated rings. The molecule has 4 rings (SSSR count). The number of allylic oxidation sites excluding steroid dienone is 2. The number of benzene rings is 2. The van der Waals surface area contributed by atoms with Crippen LogP contribution >= 0.6 is 0 Å². The number of rotatable bonds is 2. The molecule has 0 radical (unpaired) electrons. The molecule has 0 saturated heterocycles. The number of nitro groups is 1. The maximum Gasteiger partial charge on any atom is 0.274 e. The zero-order valence-corrected chi connectivity index (χ0v) is 13.8. The molecule has 24 heavy (non-hydrogen) atoms. The summed E-state index contributed by atoms with van der Waals surface area (Å²) in [4.78, 5) is 11.2. The summed E-state index contributed by atoms with van der Waals surface area (Å²) in [6, 6.07) is 11.5. The van der Waals surface area contributed by atoms with Gasteiger partial charge in [-0.3, -0.25) is 10.1 Å². The quantitative estimate of drug-likeness (QED) is 0.479. The number of hydrogen-bond donors (Lipinski definition) is 1. The van der Waals surface area contributed by atoms with E-state index in [9.17, 15) is 10.1 Å². The maximum absolute atomic E-state index is 11.5. The van der Waals surface area contributed by atoms with Crippen molar-refractivity contribution in [2.24, 2.45) is 5.92 Å².